The number of hydrogen-bond acceptors (Lipinski definition) is 5. The van der Waals surface area contributed by atoms with E-state index in [9.17, 15) is 9.90 Å². The van der Waals surface area contributed by atoms with Gasteiger partial charge in [-0.3, -0.25) is 0 Å². The molecule has 0 aliphatic carbocycles. The molecule has 19 heavy (non-hydrogen) atoms. The predicted molar refractivity (Wildman–Crippen MR) is 73.6 cm³/mol. The Kier molecular flexibility index (Phi) is 5.71. The smallest absolute Gasteiger partial charge is 0.358 e. The molecule has 0 aliphatic heterocycles. The molecule has 6 nitrogen and oxygen atoms in total. The van der Waals surface area contributed by atoms with Crippen LogP contribution in [0.25, 0.3) is 0 Å². The first-order chi connectivity index (χ1) is 8.87. The second-order valence-corrected chi connectivity index (χ2v) is 11.1. The molecule has 0 saturated heterocycles. The van der Waals surface area contributed by atoms with E-state index in [2.05, 4.69) is 29.4 Å². The summed E-state index contributed by atoms with van der Waals surface area (Å²) < 4.78 is 11.8. The van der Waals surface area contributed by atoms with Crippen molar-refractivity contribution in [2.24, 2.45) is 0 Å². The van der Waals surface area contributed by atoms with Gasteiger partial charge in [-0.2, -0.15) is 0 Å². The Balaban J connectivity index is 2.57. The highest BCUT2D eigenvalue weighted by atomic mass is 28.3. The number of carbonyl (C=O) groups excluding carboxylic acids is 1. The van der Waals surface area contributed by atoms with Crippen LogP contribution >= 0.6 is 0 Å². The SMILES string of the molecule is COC(=O)c1cn(COCC[Si](C)(C)C)c(CO)n1. The van der Waals surface area contributed by atoms with Gasteiger partial charge in [0, 0.05) is 20.9 Å². The second-order valence-electron chi connectivity index (χ2n) is 5.51. The van der Waals surface area contributed by atoms with Gasteiger partial charge in [0.25, 0.3) is 0 Å². The maximum atomic E-state index is 11.3. The molecule has 1 aromatic rings. The van der Waals surface area contributed by atoms with E-state index in [1.54, 1.807) is 4.57 Å². The summed E-state index contributed by atoms with van der Waals surface area (Å²) >= 11 is 0. The van der Waals surface area contributed by atoms with Crippen LogP contribution in [0.15, 0.2) is 6.20 Å². The third-order valence-electron chi connectivity index (χ3n) is 2.62. The molecule has 0 amide bonds. The number of ether oxygens (including phenoxy) is 2. The zero-order chi connectivity index (χ0) is 14.5. The van der Waals surface area contributed by atoms with Gasteiger partial charge in [0.15, 0.2) is 5.69 Å². The standard InChI is InChI=1S/C12H22N2O4Si/c1-17-12(16)10-7-14(11(8-15)13-10)9-18-5-6-19(2,3)4/h7,15H,5-6,8-9H2,1-4H3. The van der Waals surface area contributed by atoms with E-state index in [1.807, 2.05) is 0 Å². The number of rotatable bonds is 7. The lowest BCUT2D eigenvalue weighted by Crippen LogP contribution is -2.22. The summed E-state index contributed by atoms with van der Waals surface area (Å²) in [6, 6.07) is 1.07. The summed E-state index contributed by atoms with van der Waals surface area (Å²) in [6.45, 7) is 7.55. The van der Waals surface area contributed by atoms with Gasteiger partial charge in [0.2, 0.25) is 0 Å². The van der Waals surface area contributed by atoms with Gasteiger partial charge in [-0.05, 0) is 6.04 Å². The van der Waals surface area contributed by atoms with Crippen LogP contribution in [0.5, 0.6) is 0 Å². The number of carbonyl (C=O) groups is 1. The van der Waals surface area contributed by atoms with Crippen molar-refractivity contribution in [1.29, 1.82) is 0 Å². The van der Waals surface area contributed by atoms with Crippen LogP contribution in [0.1, 0.15) is 16.3 Å². The van der Waals surface area contributed by atoms with E-state index in [-0.39, 0.29) is 19.0 Å². The quantitative estimate of drug-likeness (QED) is 0.467. The first-order valence-corrected chi connectivity index (χ1v) is 9.91. The van der Waals surface area contributed by atoms with E-state index in [4.69, 9.17) is 4.74 Å². The molecular weight excluding hydrogens is 264 g/mol. The molecule has 0 radical (unpaired) electrons. The van der Waals surface area contributed by atoms with Crippen LogP contribution < -0.4 is 0 Å². The molecule has 0 bridgehead atoms. The number of aliphatic hydroxyl groups excluding tert-OH is 1. The highest BCUT2D eigenvalue weighted by Crippen LogP contribution is 2.09. The number of aromatic nitrogens is 2. The Morgan fingerprint density at radius 2 is 2.16 bits per heavy atom. The van der Waals surface area contributed by atoms with Gasteiger partial charge in [-0.15, -0.1) is 0 Å². The molecule has 1 aromatic heterocycles. The van der Waals surface area contributed by atoms with Gasteiger partial charge >= 0.3 is 5.97 Å². The monoisotopic (exact) mass is 286 g/mol. The molecule has 1 rings (SSSR count). The maximum Gasteiger partial charge on any atom is 0.358 e. The molecule has 0 atom stereocenters. The number of imidazole rings is 1. The Bertz CT molecular complexity index is 426. The molecule has 1 heterocycles. The first-order valence-electron chi connectivity index (χ1n) is 6.20. The molecule has 0 aliphatic rings. The average Bonchev–Trinajstić information content (AvgIpc) is 2.75. The van der Waals surface area contributed by atoms with E-state index < -0.39 is 14.0 Å². The maximum absolute atomic E-state index is 11.3. The minimum Gasteiger partial charge on any atom is -0.464 e. The molecule has 0 fully saturated rings. The lowest BCUT2D eigenvalue weighted by atomic mass is 10.5. The van der Waals surface area contributed by atoms with E-state index >= 15 is 0 Å². The fraction of sp³-hybridized carbons (Fsp3) is 0.667. The molecule has 1 N–H and O–H groups in total. The van der Waals surface area contributed by atoms with Crippen molar-refractivity contribution in [3.63, 3.8) is 0 Å². The summed E-state index contributed by atoms with van der Waals surface area (Å²) in [7, 11) is 0.187. The molecule has 0 saturated carbocycles. The lowest BCUT2D eigenvalue weighted by Gasteiger charge is -2.15. The fourth-order valence-electron chi connectivity index (χ4n) is 1.44. The number of methoxy groups -OCH3 is 1. The third kappa shape index (κ3) is 5.13. The van der Waals surface area contributed by atoms with Crippen molar-refractivity contribution in [1.82, 2.24) is 9.55 Å². The molecule has 108 valence electrons. The Morgan fingerprint density at radius 1 is 1.47 bits per heavy atom. The number of esters is 1. The summed E-state index contributed by atoms with van der Waals surface area (Å²) in [4.78, 5) is 15.3. The zero-order valence-electron chi connectivity index (χ0n) is 12.0. The van der Waals surface area contributed by atoms with Crippen LogP contribution in [0.3, 0.4) is 0 Å². The predicted octanol–water partition coefficient (Wildman–Crippen LogP) is 1.47. The molecular formula is C12H22N2O4Si. The third-order valence-corrected chi connectivity index (χ3v) is 4.33. The van der Waals surface area contributed by atoms with Crippen LogP contribution in [-0.4, -0.2) is 42.4 Å². The number of nitrogens with zero attached hydrogens (tertiary/aromatic N) is 2. The minimum atomic E-state index is -1.11. The Labute approximate surface area is 114 Å². The van der Waals surface area contributed by atoms with Crippen molar-refractivity contribution in [2.45, 2.75) is 39.0 Å². The first kappa shape index (κ1) is 15.9. The summed E-state index contributed by atoms with van der Waals surface area (Å²) in [5.41, 5.74) is 0.181. The summed E-state index contributed by atoms with van der Waals surface area (Å²) in [5.74, 6) is -0.121. The zero-order valence-corrected chi connectivity index (χ0v) is 13.0. The summed E-state index contributed by atoms with van der Waals surface area (Å²) in [6.07, 6.45) is 1.53. The molecule has 0 aromatic carbocycles. The molecule has 0 unspecified atom stereocenters. The highest BCUT2D eigenvalue weighted by Gasteiger charge is 2.15. The van der Waals surface area contributed by atoms with Crippen molar-refractivity contribution in [2.75, 3.05) is 13.7 Å². The van der Waals surface area contributed by atoms with Gasteiger partial charge in [-0.25, -0.2) is 9.78 Å². The molecule has 0 spiro atoms. The van der Waals surface area contributed by atoms with Gasteiger partial charge in [0.1, 0.15) is 19.2 Å². The largest absolute Gasteiger partial charge is 0.464 e. The lowest BCUT2D eigenvalue weighted by molar-refractivity contribution is 0.0593. The van der Waals surface area contributed by atoms with E-state index in [0.29, 0.717) is 12.4 Å². The fourth-order valence-corrected chi connectivity index (χ4v) is 2.19. The topological polar surface area (TPSA) is 73.6 Å². The van der Waals surface area contributed by atoms with Gasteiger partial charge < -0.3 is 19.1 Å². The van der Waals surface area contributed by atoms with Crippen LogP contribution in [-0.2, 0) is 22.8 Å². The van der Waals surface area contributed by atoms with Gasteiger partial charge in [-0.1, -0.05) is 19.6 Å². The van der Waals surface area contributed by atoms with Crippen LogP contribution in [0.4, 0.5) is 0 Å². The van der Waals surface area contributed by atoms with E-state index in [1.165, 1.54) is 13.3 Å². The van der Waals surface area contributed by atoms with E-state index in [0.717, 1.165) is 6.04 Å². The average molecular weight is 286 g/mol. The number of hydrogen-bond donors (Lipinski definition) is 1. The second kappa shape index (κ2) is 6.83. The molecule has 7 heteroatoms. The normalized spacial score (nSPS) is 11.6. The summed E-state index contributed by atoms with van der Waals surface area (Å²) in [5, 5.41) is 9.19. The Hall–Kier alpha value is -1.18. The van der Waals surface area contributed by atoms with Crippen molar-refractivity contribution in [3.8, 4) is 0 Å². The Morgan fingerprint density at radius 3 is 2.68 bits per heavy atom. The number of aliphatic hydroxyl groups is 1. The van der Waals surface area contributed by atoms with Crippen LogP contribution in [0, 0.1) is 0 Å². The highest BCUT2D eigenvalue weighted by molar-refractivity contribution is 6.76. The van der Waals surface area contributed by atoms with Crippen LogP contribution in [0.2, 0.25) is 25.7 Å². The van der Waals surface area contributed by atoms with Crippen molar-refractivity contribution < 1.29 is 19.4 Å². The van der Waals surface area contributed by atoms with Gasteiger partial charge in [0.05, 0.1) is 7.11 Å². The van der Waals surface area contributed by atoms with Crippen molar-refractivity contribution in [3.05, 3.63) is 17.7 Å². The minimum absolute atomic E-state index is 0.181. The van der Waals surface area contributed by atoms with Crippen molar-refractivity contribution >= 4 is 14.0 Å².